The van der Waals surface area contributed by atoms with E-state index in [1.54, 1.807) is 6.26 Å². The summed E-state index contributed by atoms with van der Waals surface area (Å²) in [6.07, 6.45) is 4.58. The maximum Gasteiger partial charge on any atom is 0.126 e. The fraction of sp³-hybridized carbons (Fsp3) is 0.455. The molecule has 1 aromatic heterocycles. The third-order valence-corrected chi connectivity index (χ3v) is 1.67. The molecule has 13 heavy (non-hydrogen) atoms. The van der Waals surface area contributed by atoms with Gasteiger partial charge in [-0.2, -0.15) is 0 Å². The molecule has 0 amide bonds. The van der Waals surface area contributed by atoms with Crippen LogP contribution in [0.15, 0.2) is 28.4 Å². The van der Waals surface area contributed by atoms with Gasteiger partial charge in [-0.05, 0) is 45.4 Å². The Morgan fingerprint density at radius 2 is 2.31 bits per heavy atom. The second-order valence-corrected chi connectivity index (χ2v) is 4.17. The van der Waals surface area contributed by atoms with E-state index in [0.717, 1.165) is 12.2 Å². The minimum atomic E-state index is -0.146. The van der Waals surface area contributed by atoms with Gasteiger partial charge in [0.1, 0.15) is 5.76 Å². The van der Waals surface area contributed by atoms with E-state index in [0.29, 0.717) is 0 Å². The second-order valence-electron chi connectivity index (χ2n) is 4.17. The molecule has 0 unspecified atom stereocenters. The number of furan rings is 1. The molecule has 0 bridgehead atoms. The van der Waals surface area contributed by atoms with Crippen molar-refractivity contribution in [3.63, 3.8) is 0 Å². The average molecular weight is 179 g/mol. The Hall–Kier alpha value is -1.02. The SMILES string of the molecule is C/C(=C\c1ccco1)CC(C)(C)N. The highest BCUT2D eigenvalue weighted by atomic mass is 16.3. The Kier molecular flexibility index (Phi) is 2.94. The molecular formula is C11H17NO. The summed E-state index contributed by atoms with van der Waals surface area (Å²) in [6.45, 7) is 6.11. The molecule has 2 N–H and O–H groups in total. The van der Waals surface area contributed by atoms with Crippen molar-refractivity contribution < 1.29 is 4.42 Å². The summed E-state index contributed by atoms with van der Waals surface area (Å²) in [7, 11) is 0. The molecule has 0 aromatic carbocycles. The van der Waals surface area contributed by atoms with E-state index < -0.39 is 0 Å². The molecule has 1 aromatic rings. The first kappa shape index (κ1) is 10.1. The summed E-state index contributed by atoms with van der Waals surface area (Å²) in [4.78, 5) is 0. The zero-order valence-electron chi connectivity index (χ0n) is 8.50. The van der Waals surface area contributed by atoms with Crippen molar-refractivity contribution in [2.24, 2.45) is 5.73 Å². The number of rotatable bonds is 3. The lowest BCUT2D eigenvalue weighted by Gasteiger charge is -2.18. The predicted molar refractivity (Wildman–Crippen MR) is 55.2 cm³/mol. The first-order chi connectivity index (χ1) is 5.97. The minimum Gasteiger partial charge on any atom is -0.465 e. The van der Waals surface area contributed by atoms with E-state index >= 15 is 0 Å². The van der Waals surface area contributed by atoms with Gasteiger partial charge in [-0.3, -0.25) is 0 Å². The highest BCUT2D eigenvalue weighted by molar-refractivity contribution is 5.46. The number of hydrogen-bond acceptors (Lipinski definition) is 2. The summed E-state index contributed by atoms with van der Waals surface area (Å²) in [5.41, 5.74) is 6.99. The lowest BCUT2D eigenvalue weighted by molar-refractivity contribution is 0.514. The summed E-state index contributed by atoms with van der Waals surface area (Å²) in [6, 6.07) is 3.82. The van der Waals surface area contributed by atoms with Crippen LogP contribution in [-0.2, 0) is 0 Å². The third-order valence-electron chi connectivity index (χ3n) is 1.67. The van der Waals surface area contributed by atoms with Crippen molar-refractivity contribution in [2.45, 2.75) is 32.7 Å². The molecule has 0 saturated carbocycles. The van der Waals surface area contributed by atoms with Crippen molar-refractivity contribution in [3.8, 4) is 0 Å². The average Bonchev–Trinajstić information content (AvgIpc) is 2.34. The molecule has 0 aliphatic heterocycles. The van der Waals surface area contributed by atoms with Gasteiger partial charge in [0.05, 0.1) is 6.26 Å². The number of nitrogens with two attached hydrogens (primary N) is 1. The van der Waals surface area contributed by atoms with Crippen LogP contribution in [0.2, 0.25) is 0 Å². The second kappa shape index (κ2) is 3.79. The molecule has 1 rings (SSSR count). The van der Waals surface area contributed by atoms with E-state index in [1.807, 2.05) is 32.1 Å². The lowest BCUT2D eigenvalue weighted by atomic mass is 9.97. The summed E-state index contributed by atoms with van der Waals surface area (Å²) < 4.78 is 5.20. The normalized spacial score (nSPS) is 13.4. The van der Waals surface area contributed by atoms with Crippen LogP contribution < -0.4 is 5.73 Å². The maximum absolute atomic E-state index is 5.89. The fourth-order valence-electron chi connectivity index (χ4n) is 1.39. The van der Waals surface area contributed by atoms with E-state index in [2.05, 4.69) is 6.92 Å². The van der Waals surface area contributed by atoms with Gasteiger partial charge in [0.15, 0.2) is 0 Å². The molecule has 2 nitrogen and oxygen atoms in total. The van der Waals surface area contributed by atoms with Crippen molar-refractivity contribution in [2.75, 3.05) is 0 Å². The maximum atomic E-state index is 5.89. The zero-order valence-corrected chi connectivity index (χ0v) is 8.50. The van der Waals surface area contributed by atoms with Gasteiger partial charge in [0.25, 0.3) is 0 Å². The molecule has 0 aliphatic carbocycles. The van der Waals surface area contributed by atoms with Crippen molar-refractivity contribution >= 4 is 6.08 Å². The van der Waals surface area contributed by atoms with Gasteiger partial charge in [0, 0.05) is 5.54 Å². The zero-order chi connectivity index (χ0) is 9.90. The van der Waals surface area contributed by atoms with Crippen LogP contribution in [0.3, 0.4) is 0 Å². The van der Waals surface area contributed by atoms with Gasteiger partial charge in [-0.25, -0.2) is 0 Å². The molecule has 0 fully saturated rings. The van der Waals surface area contributed by atoms with Crippen LogP contribution in [0.4, 0.5) is 0 Å². The van der Waals surface area contributed by atoms with E-state index in [9.17, 15) is 0 Å². The Bertz CT molecular complexity index is 278. The van der Waals surface area contributed by atoms with E-state index in [4.69, 9.17) is 10.2 Å². The molecule has 0 saturated heterocycles. The fourth-order valence-corrected chi connectivity index (χ4v) is 1.39. The van der Waals surface area contributed by atoms with E-state index in [1.165, 1.54) is 5.57 Å². The van der Waals surface area contributed by atoms with Crippen LogP contribution in [-0.4, -0.2) is 5.54 Å². The van der Waals surface area contributed by atoms with Crippen molar-refractivity contribution in [3.05, 3.63) is 29.7 Å². The Balaban J connectivity index is 2.63. The highest BCUT2D eigenvalue weighted by Crippen LogP contribution is 2.15. The molecule has 1 heterocycles. The van der Waals surface area contributed by atoms with Gasteiger partial charge < -0.3 is 10.2 Å². The van der Waals surface area contributed by atoms with Gasteiger partial charge in [0.2, 0.25) is 0 Å². The molecular weight excluding hydrogens is 162 g/mol. The summed E-state index contributed by atoms with van der Waals surface area (Å²) in [5, 5.41) is 0. The largest absolute Gasteiger partial charge is 0.465 e. The predicted octanol–water partition coefficient (Wildman–Crippen LogP) is 2.81. The first-order valence-electron chi connectivity index (χ1n) is 4.47. The standard InChI is InChI=1S/C11H17NO/c1-9(8-11(2,3)12)7-10-5-4-6-13-10/h4-7H,8,12H2,1-3H3/b9-7+. The van der Waals surface area contributed by atoms with Crippen LogP contribution in [0, 0.1) is 0 Å². The topological polar surface area (TPSA) is 39.2 Å². The van der Waals surface area contributed by atoms with Crippen LogP contribution in [0.25, 0.3) is 6.08 Å². The summed E-state index contributed by atoms with van der Waals surface area (Å²) >= 11 is 0. The molecule has 0 aliphatic rings. The van der Waals surface area contributed by atoms with Gasteiger partial charge >= 0.3 is 0 Å². The van der Waals surface area contributed by atoms with E-state index in [-0.39, 0.29) is 5.54 Å². The summed E-state index contributed by atoms with van der Waals surface area (Å²) in [5.74, 6) is 0.891. The monoisotopic (exact) mass is 179 g/mol. The molecule has 0 radical (unpaired) electrons. The van der Waals surface area contributed by atoms with Crippen LogP contribution >= 0.6 is 0 Å². The molecule has 0 spiro atoms. The van der Waals surface area contributed by atoms with Crippen molar-refractivity contribution in [1.82, 2.24) is 0 Å². The quantitative estimate of drug-likeness (QED) is 0.775. The molecule has 0 atom stereocenters. The number of hydrogen-bond donors (Lipinski definition) is 1. The Labute approximate surface area is 79.4 Å². The van der Waals surface area contributed by atoms with Gasteiger partial charge in [-0.1, -0.05) is 5.57 Å². The lowest BCUT2D eigenvalue weighted by Crippen LogP contribution is -2.31. The molecule has 72 valence electrons. The minimum absolute atomic E-state index is 0.146. The molecule has 2 heteroatoms. The van der Waals surface area contributed by atoms with Crippen LogP contribution in [0.1, 0.15) is 33.0 Å². The smallest absolute Gasteiger partial charge is 0.126 e. The van der Waals surface area contributed by atoms with Crippen molar-refractivity contribution in [1.29, 1.82) is 0 Å². The van der Waals surface area contributed by atoms with Crippen LogP contribution in [0.5, 0.6) is 0 Å². The Morgan fingerprint density at radius 3 is 2.77 bits per heavy atom. The highest BCUT2D eigenvalue weighted by Gasteiger charge is 2.10. The third kappa shape index (κ3) is 3.95. The van der Waals surface area contributed by atoms with Gasteiger partial charge in [-0.15, -0.1) is 0 Å². The first-order valence-corrected chi connectivity index (χ1v) is 4.47. The Morgan fingerprint density at radius 1 is 1.62 bits per heavy atom.